The van der Waals surface area contributed by atoms with E-state index in [2.05, 4.69) is 10.6 Å². The van der Waals surface area contributed by atoms with Gasteiger partial charge in [-0.15, -0.1) is 0 Å². The number of ketones is 1. The van der Waals surface area contributed by atoms with Gasteiger partial charge in [-0.3, -0.25) is 9.59 Å². The van der Waals surface area contributed by atoms with Crippen LogP contribution in [0.1, 0.15) is 60.7 Å². The van der Waals surface area contributed by atoms with E-state index in [0.29, 0.717) is 50.2 Å². The van der Waals surface area contributed by atoms with Crippen LogP contribution in [-0.2, 0) is 40.4 Å². The summed E-state index contributed by atoms with van der Waals surface area (Å²) in [5.41, 5.74) is 14.4. The molecule has 17 heteroatoms. The van der Waals surface area contributed by atoms with Crippen LogP contribution in [0, 0.1) is 11.7 Å². The third-order valence-corrected chi connectivity index (χ3v) is 10.4. The smallest absolute Gasteiger partial charge is 0.410 e. The first-order valence-electron chi connectivity index (χ1n) is 20.1. The zero-order chi connectivity index (χ0) is 43.3. The molecule has 2 heterocycles. The number of amides is 2. The fourth-order valence-corrected chi connectivity index (χ4v) is 6.97. The molecule has 61 heavy (non-hydrogen) atoms. The summed E-state index contributed by atoms with van der Waals surface area (Å²) >= 11 is 0. The van der Waals surface area contributed by atoms with Crippen molar-refractivity contribution in [3.8, 4) is 0 Å². The molecule has 1 saturated heterocycles. The van der Waals surface area contributed by atoms with Gasteiger partial charge in [0.15, 0.2) is 5.78 Å². The number of Topliss-reactive ketones (excluding diaryl/α,β-unsaturated/α-hetero) is 1. The molecular weight excluding hydrogens is 788 g/mol. The number of aromatic carboxylic acids is 1. The van der Waals surface area contributed by atoms with E-state index in [9.17, 15) is 29.1 Å². The molecule has 10 N–H and O–H groups in total. The Morgan fingerprint density at radius 1 is 0.934 bits per heavy atom. The van der Waals surface area contributed by atoms with Gasteiger partial charge in [0.2, 0.25) is 5.43 Å². The van der Waals surface area contributed by atoms with Crippen molar-refractivity contribution in [2.24, 2.45) is 17.4 Å². The van der Waals surface area contributed by atoms with E-state index in [0.717, 1.165) is 22.8 Å². The Bertz CT molecular complexity index is 2220. The normalized spacial score (nSPS) is 13.9. The number of ether oxygens (including phenoxy) is 2. The molecule has 1 fully saturated rings. The summed E-state index contributed by atoms with van der Waals surface area (Å²) in [5, 5.41) is 15.4. The van der Waals surface area contributed by atoms with Gasteiger partial charge in [-0.1, -0.05) is 68.4 Å². The van der Waals surface area contributed by atoms with Crippen LogP contribution in [0.25, 0.3) is 10.9 Å². The molecule has 2 atom stereocenters. The van der Waals surface area contributed by atoms with Crippen LogP contribution in [0.4, 0.5) is 19.7 Å². The number of carbonyl (C=O) groups excluding carboxylic acids is 3. The minimum absolute atomic E-state index is 0. The molecule has 0 radical (unpaired) electrons. The van der Waals surface area contributed by atoms with Crippen molar-refractivity contribution in [1.29, 1.82) is 0 Å². The van der Waals surface area contributed by atoms with Crippen molar-refractivity contribution >= 4 is 40.5 Å². The maximum absolute atomic E-state index is 15.3. The second-order valence-corrected chi connectivity index (χ2v) is 15.0. The molecule has 0 bridgehead atoms. The number of carboxylic acid groups (broad SMARTS) is 1. The average Bonchev–Trinajstić information content (AvgIpc) is 3.24. The molecule has 3 aromatic carbocycles. The minimum atomic E-state index is -1.37. The molecule has 0 unspecified atom stereocenters. The zero-order valence-corrected chi connectivity index (χ0v) is 34.9. The van der Waals surface area contributed by atoms with Gasteiger partial charge in [0.05, 0.1) is 23.3 Å². The lowest BCUT2D eigenvalue weighted by Crippen LogP contribution is -2.49. The van der Waals surface area contributed by atoms with Gasteiger partial charge in [0.1, 0.15) is 24.6 Å². The summed E-state index contributed by atoms with van der Waals surface area (Å²) in [4.78, 5) is 66.7. The van der Waals surface area contributed by atoms with Crippen molar-refractivity contribution in [2.45, 2.75) is 71.9 Å². The average molecular weight is 845 g/mol. The van der Waals surface area contributed by atoms with Gasteiger partial charge in [0, 0.05) is 62.6 Å². The zero-order valence-electron chi connectivity index (χ0n) is 34.9. The van der Waals surface area contributed by atoms with E-state index in [4.69, 9.17) is 20.9 Å². The predicted molar refractivity (Wildman–Crippen MR) is 231 cm³/mol. The summed E-state index contributed by atoms with van der Waals surface area (Å²) in [6, 6.07) is 18.0. The monoisotopic (exact) mass is 844 g/mol. The standard InChI is InChI=1S/C44H54FN7O8.H3N/c1-4-50-25-33(42(55)56)41(54)32-22-34(45)38(23-37(32)50)51-17-19-52(20-18-51)44(58)60-27-31-14-12-29(13-15-31)21-39(53)36(11-8-16-46)48-24-35(47)40(28(2)3)49-43(57)59-26-30-9-6-5-7-10-30;/h5-7,9-10,12-15,22-25,28,36,40,48H,4,8,11,16-21,26-27,46-47H2,1-3H3,(H,49,57)(H,55,56);1H3/b35-24-;/t36-,40-;/m0./s1. The summed E-state index contributed by atoms with van der Waals surface area (Å²) < 4.78 is 27.9. The number of piperazine rings is 1. The van der Waals surface area contributed by atoms with E-state index in [-0.39, 0.29) is 61.6 Å². The highest BCUT2D eigenvalue weighted by molar-refractivity contribution is 5.93. The number of aryl methyl sites for hydroxylation is 1. The second kappa shape index (κ2) is 22.2. The van der Waals surface area contributed by atoms with Gasteiger partial charge >= 0.3 is 18.2 Å². The summed E-state index contributed by atoms with van der Waals surface area (Å²) in [6.07, 6.45) is 2.92. The van der Waals surface area contributed by atoms with Crippen LogP contribution in [0.15, 0.2) is 89.6 Å². The molecule has 5 rings (SSSR count). The number of anilines is 1. The molecule has 0 aliphatic carbocycles. The van der Waals surface area contributed by atoms with Crippen LogP contribution < -0.4 is 38.6 Å². The number of nitrogens with zero attached hydrogens (tertiary/aromatic N) is 3. The number of rotatable bonds is 18. The molecular formula is C44H57FN8O8. The number of carboxylic acids is 1. The summed E-state index contributed by atoms with van der Waals surface area (Å²) in [7, 11) is 0. The highest BCUT2D eigenvalue weighted by Gasteiger charge is 2.26. The Morgan fingerprint density at radius 3 is 2.20 bits per heavy atom. The van der Waals surface area contributed by atoms with Gasteiger partial charge < -0.3 is 57.2 Å². The first-order valence-corrected chi connectivity index (χ1v) is 20.1. The number of hydrogen-bond acceptors (Lipinski definition) is 12. The second-order valence-electron chi connectivity index (χ2n) is 15.0. The van der Waals surface area contributed by atoms with Gasteiger partial charge in [-0.05, 0) is 61.1 Å². The van der Waals surface area contributed by atoms with Gasteiger partial charge in [-0.2, -0.15) is 0 Å². The van der Waals surface area contributed by atoms with Crippen molar-refractivity contribution < 1.29 is 38.1 Å². The predicted octanol–water partition coefficient (Wildman–Crippen LogP) is 5.04. The molecule has 0 spiro atoms. The molecule has 1 aliphatic heterocycles. The number of alkyl carbamates (subject to hydrolysis) is 1. The van der Waals surface area contributed by atoms with Gasteiger partial charge in [0.25, 0.3) is 0 Å². The number of nitrogens with two attached hydrogens (primary N) is 2. The number of hydrogen-bond donors (Lipinski definition) is 6. The van der Waals surface area contributed by atoms with Crippen molar-refractivity contribution in [3.63, 3.8) is 0 Å². The van der Waals surface area contributed by atoms with Crippen LogP contribution in [-0.4, -0.2) is 83.3 Å². The van der Waals surface area contributed by atoms with E-state index in [1.807, 2.05) is 56.3 Å². The van der Waals surface area contributed by atoms with Crippen molar-refractivity contribution in [1.82, 2.24) is 26.3 Å². The fourth-order valence-electron chi connectivity index (χ4n) is 6.97. The maximum Gasteiger partial charge on any atom is 0.410 e. The third-order valence-electron chi connectivity index (χ3n) is 10.4. The first kappa shape index (κ1) is 47.2. The van der Waals surface area contributed by atoms with Crippen LogP contribution in [0.3, 0.4) is 0 Å². The number of fused-ring (bicyclic) bond motifs is 1. The third kappa shape index (κ3) is 12.5. The quantitative estimate of drug-likeness (QED) is 0.0770. The molecule has 16 nitrogen and oxygen atoms in total. The Balaban J connectivity index is 0.00000819. The number of aromatic nitrogens is 1. The number of carbonyl (C=O) groups is 4. The number of benzene rings is 3. The Labute approximate surface area is 354 Å². The van der Waals surface area contributed by atoms with Crippen LogP contribution in [0.2, 0.25) is 0 Å². The first-order chi connectivity index (χ1) is 28.8. The maximum atomic E-state index is 15.3. The number of nitrogens with one attached hydrogen (secondary N) is 2. The SMILES string of the molecule is CCn1cc(C(=O)O)c(=O)c2cc(F)c(N3CCN(C(=O)OCc4ccc(CC(=O)[C@H](CCCN)N/C=C(\N)[C@@H](NC(=O)OCc5ccccc5)C(C)C)cc4)CC3)cc21.N. The van der Waals surface area contributed by atoms with Crippen LogP contribution in [0.5, 0.6) is 0 Å². The van der Waals surface area contributed by atoms with E-state index in [1.54, 1.807) is 40.8 Å². The lowest BCUT2D eigenvalue weighted by atomic mass is 9.99. The molecule has 0 saturated carbocycles. The Kier molecular flexibility index (Phi) is 17.2. The van der Waals surface area contributed by atoms with Gasteiger partial charge in [-0.25, -0.2) is 18.8 Å². The number of pyridine rings is 1. The molecule has 4 aromatic rings. The Morgan fingerprint density at radius 2 is 1.57 bits per heavy atom. The largest absolute Gasteiger partial charge is 0.477 e. The topological polar surface area (TPSA) is 247 Å². The van der Waals surface area contributed by atoms with E-state index >= 15 is 4.39 Å². The minimum Gasteiger partial charge on any atom is -0.477 e. The summed E-state index contributed by atoms with van der Waals surface area (Å²) in [5.74, 6) is -2.17. The molecule has 2 amide bonds. The molecule has 328 valence electrons. The molecule has 1 aromatic heterocycles. The number of halogens is 1. The fraction of sp³-hybridized carbons (Fsp3) is 0.386. The van der Waals surface area contributed by atoms with Crippen molar-refractivity contribution in [3.05, 3.63) is 123 Å². The van der Waals surface area contributed by atoms with Crippen LogP contribution >= 0.6 is 0 Å². The highest BCUT2D eigenvalue weighted by atomic mass is 19.1. The lowest BCUT2D eigenvalue weighted by Gasteiger charge is -2.35. The van der Waals surface area contributed by atoms with E-state index in [1.165, 1.54) is 11.1 Å². The lowest BCUT2D eigenvalue weighted by molar-refractivity contribution is -0.120. The van der Waals surface area contributed by atoms with E-state index < -0.39 is 47.0 Å². The highest BCUT2D eigenvalue weighted by Crippen LogP contribution is 2.27. The molecule has 1 aliphatic rings. The Hall–Kier alpha value is -6.46. The van der Waals surface area contributed by atoms with Crippen molar-refractivity contribution in [2.75, 3.05) is 37.6 Å². The summed E-state index contributed by atoms with van der Waals surface area (Å²) in [6.45, 7) is 7.70.